The third kappa shape index (κ3) is 6.74. The molecule has 1 fully saturated rings. The summed E-state index contributed by atoms with van der Waals surface area (Å²) in [6.07, 6.45) is 1.98. The number of alkyl halides is 1. The van der Waals surface area contributed by atoms with Crippen LogP contribution >= 0.6 is 11.6 Å². The van der Waals surface area contributed by atoms with Gasteiger partial charge in [0.2, 0.25) is 11.8 Å². The molecule has 1 aliphatic heterocycles. The van der Waals surface area contributed by atoms with Crippen LogP contribution in [0.1, 0.15) is 39.5 Å². The van der Waals surface area contributed by atoms with Gasteiger partial charge >= 0.3 is 5.97 Å². The number of hydrogen-bond acceptors (Lipinski definition) is 5. The molecular formula is C15H26ClN3O4. The van der Waals surface area contributed by atoms with E-state index >= 15 is 0 Å². The molecule has 0 aliphatic carbocycles. The number of carbonyl (C=O) groups excluding carboxylic acids is 3. The standard InChI is InChI=1S/C15H26ClN3O4/c1-15(2,16)8-10(17)13(21)19-11(14(22)23-3)7-9-5-4-6-18-12(9)20/h9-11H,4-8,17H2,1-3H3,(H,18,20)(H,19,21)/t9-,10-,11-/m0/s1. The molecule has 8 heteroatoms. The Kier molecular flexibility index (Phi) is 7.28. The largest absolute Gasteiger partial charge is 0.467 e. The van der Waals surface area contributed by atoms with Gasteiger partial charge in [-0.1, -0.05) is 0 Å². The number of nitrogens with one attached hydrogen (secondary N) is 2. The molecule has 4 N–H and O–H groups in total. The van der Waals surface area contributed by atoms with Crippen molar-refractivity contribution in [1.82, 2.24) is 10.6 Å². The van der Waals surface area contributed by atoms with Crippen molar-refractivity contribution < 1.29 is 19.1 Å². The second-order valence-electron chi connectivity index (χ2n) is 6.48. The molecule has 0 radical (unpaired) electrons. The molecule has 0 aromatic rings. The first-order valence-corrected chi connectivity index (χ1v) is 8.12. The molecule has 0 unspecified atom stereocenters. The number of ether oxygens (including phenoxy) is 1. The lowest BCUT2D eigenvalue weighted by molar-refractivity contribution is -0.146. The molecule has 132 valence electrons. The van der Waals surface area contributed by atoms with Gasteiger partial charge in [0.05, 0.1) is 13.2 Å². The number of nitrogens with two attached hydrogens (primary N) is 1. The monoisotopic (exact) mass is 347 g/mol. The maximum Gasteiger partial charge on any atom is 0.328 e. The smallest absolute Gasteiger partial charge is 0.328 e. The molecule has 3 atom stereocenters. The molecule has 0 aromatic carbocycles. The third-order valence-electron chi connectivity index (χ3n) is 3.76. The quantitative estimate of drug-likeness (QED) is 0.453. The first-order valence-electron chi connectivity index (χ1n) is 7.74. The molecule has 2 amide bonds. The first kappa shape index (κ1) is 19.7. The maximum atomic E-state index is 12.2. The van der Waals surface area contributed by atoms with Crippen molar-refractivity contribution in [1.29, 1.82) is 0 Å². The predicted molar refractivity (Wildman–Crippen MR) is 86.8 cm³/mol. The van der Waals surface area contributed by atoms with Gasteiger partial charge in [-0.3, -0.25) is 9.59 Å². The van der Waals surface area contributed by atoms with Crippen LogP contribution in [0.5, 0.6) is 0 Å². The number of methoxy groups -OCH3 is 1. The van der Waals surface area contributed by atoms with Gasteiger partial charge in [0.25, 0.3) is 0 Å². The van der Waals surface area contributed by atoms with Crippen LogP contribution in [0, 0.1) is 5.92 Å². The third-order valence-corrected chi connectivity index (χ3v) is 3.92. The molecule has 7 nitrogen and oxygen atoms in total. The van der Waals surface area contributed by atoms with Gasteiger partial charge in [0.15, 0.2) is 0 Å². The Bertz CT molecular complexity index is 450. The molecule has 0 bridgehead atoms. The Hall–Kier alpha value is -1.34. The lowest BCUT2D eigenvalue weighted by atomic mass is 9.91. The van der Waals surface area contributed by atoms with Crippen molar-refractivity contribution in [3.63, 3.8) is 0 Å². The molecule has 1 heterocycles. The predicted octanol–water partition coefficient (Wildman–Crippen LogP) is 0.295. The van der Waals surface area contributed by atoms with Gasteiger partial charge in [-0.25, -0.2) is 4.79 Å². The summed E-state index contributed by atoms with van der Waals surface area (Å²) in [7, 11) is 1.24. The van der Waals surface area contributed by atoms with Crippen LogP contribution in [0.3, 0.4) is 0 Å². The Balaban J connectivity index is 2.69. The molecule has 0 saturated carbocycles. The minimum Gasteiger partial charge on any atom is -0.467 e. The van der Waals surface area contributed by atoms with Crippen LogP contribution in [0.2, 0.25) is 0 Å². The normalized spacial score (nSPS) is 21.1. The van der Waals surface area contributed by atoms with Crippen LogP contribution in [0.15, 0.2) is 0 Å². The molecule has 0 aromatic heterocycles. The lowest BCUT2D eigenvalue weighted by Crippen LogP contribution is -2.51. The summed E-state index contributed by atoms with van der Waals surface area (Å²) in [5, 5.41) is 5.34. The van der Waals surface area contributed by atoms with Crippen LogP contribution in [0.25, 0.3) is 0 Å². The van der Waals surface area contributed by atoms with Crippen molar-refractivity contribution in [2.24, 2.45) is 11.7 Å². The zero-order valence-electron chi connectivity index (χ0n) is 13.9. The first-order chi connectivity index (χ1) is 10.6. The highest BCUT2D eigenvalue weighted by Crippen LogP contribution is 2.20. The van der Waals surface area contributed by atoms with Crippen molar-refractivity contribution in [2.75, 3.05) is 13.7 Å². The lowest BCUT2D eigenvalue weighted by Gasteiger charge is -2.27. The SMILES string of the molecule is COC(=O)[C@H](C[C@@H]1CCCNC1=O)NC(=O)[C@@H](N)CC(C)(C)Cl. The van der Waals surface area contributed by atoms with E-state index in [4.69, 9.17) is 22.1 Å². The van der Waals surface area contributed by atoms with E-state index in [1.807, 2.05) is 0 Å². The Morgan fingerprint density at radius 1 is 1.52 bits per heavy atom. The van der Waals surface area contributed by atoms with E-state index in [2.05, 4.69) is 10.6 Å². The summed E-state index contributed by atoms with van der Waals surface area (Å²) in [6.45, 7) is 4.15. The Labute approximate surface area is 141 Å². The molecular weight excluding hydrogens is 322 g/mol. The van der Waals surface area contributed by atoms with E-state index in [0.29, 0.717) is 13.0 Å². The van der Waals surface area contributed by atoms with Gasteiger partial charge in [0.1, 0.15) is 6.04 Å². The van der Waals surface area contributed by atoms with Gasteiger partial charge < -0.3 is 21.1 Å². The minimum atomic E-state index is -0.897. The number of rotatable bonds is 7. The van der Waals surface area contributed by atoms with Crippen molar-refractivity contribution in [3.05, 3.63) is 0 Å². The molecule has 1 saturated heterocycles. The van der Waals surface area contributed by atoms with Crippen LogP contribution in [-0.2, 0) is 19.1 Å². The van der Waals surface area contributed by atoms with Crippen molar-refractivity contribution in [3.8, 4) is 0 Å². The number of amides is 2. The fraction of sp³-hybridized carbons (Fsp3) is 0.800. The topological polar surface area (TPSA) is 111 Å². The van der Waals surface area contributed by atoms with Gasteiger partial charge in [0, 0.05) is 17.3 Å². The zero-order chi connectivity index (χ0) is 17.6. The van der Waals surface area contributed by atoms with Crippen molar-refractivity contribution in [2.45, 2.75) is 56.5 Å². The van der Waals surface area contributed by atoms with E-state index in [1.165, 1.54) is 7.11 Å². The number of piperidine rings is 1. The highest BCUT2D eigenvalue weighted by molar-refractivity contribution is 6.23. The van der Waals surface area contributed by atoms with E-state index in [0.717, 1.165) is 6.42 Å². The summed E-state index contributed by atoms with van der Waals surface area (Å²) in [6, 6.07) is -1.74. The van der Waals surface area contributed by atoms with Gasteiger partial charge in [-0.05, 0) is 39.5 Å². The van der Waals surface area contributed by atoms with E-state index in [-0.39, 0.29) is 24.7 Å². The summed E-state index contributed by atoms with van der Waals surface area (Å²) < 4.78 is 4.72. The number of hydrogen-bond donors (Lipinski definition) is 3. The molecule has 0 spiro atoms. The Morgan fingerprint density at radius 3 is 2.70 bits per heavy atom. The van der Waals surface area contributed by atoms with Crippen LogP contribution in [-0.4, -0.2) is 48.4 Å². The van der Waals surface area contributed by atoms with Crippen LogP contribution < -0.4 is 16.4 Å². The fourth-order valence-electron chi connectivity index (χ4n) is 2.60. The fourth-order valence-corrected chi connectivity index (χ4v) is 2.76. The molecule has 1 rings (SSSR count). The van der Waals surface area contributed by atoms with Gasteiger partial charge in [-0.2, -0.15) is 0 Å². The average Bonchev–Trinajstić information content (AvgIpc) is 2.46. The second kappa shape index (κ2) is 8.49. The zero-order valence-corrected chi connectivity index (χ0v) is 14.6. The maximum absolute atomic E-state index is 12.2. The van der Waals surface area contributed by atoms with Gasteiger partial charge in [-0.15, -0.1) is 11.6 Å². The van der Waals surface area contributed by atoms with E-state index in [9.17, 15) is 14.4 Å². The highest BCUT2D eigenvalue weighted by Gasteiger charge is 2.32. The summed E-state index contributed by atoms with van der Waals surface area (Å²) in [5.74, 6) is -1.50. The number of carbonyl (C=O) groups is 3. The van der Waals surface area contributed by atoms with Crippen LogP contribution in [0.4, 0.5) is 0 Å². The molecule has 1 aliphatic rings. The second-order valence-corrected chi connectivity index (χ2v) is 7.50. The molecule has 23 heavy (non-hydrogen) atoms. The summed E-state index contributed by atoms with van der Waals surface area (Å²) in [5.41, 5.74) is 5.83. The van der Waals surface area contributed by atoms with E-state index in [1.54, 1.807) is 13.8 Å². The highest BCUT2D eigenvalue weighted by atomic mass is 35.5. The van der Waals surface area contributed by atoms with Crippen molar-refractivity contribution >= 4 is 29.4 Å². The minimum absolute atomic E-state index is 0.106. The Morgan fingerprint density at radius 2 is 2.17 bits per heavy atom. The summed E-state index contributed by atoms with van der Waals surface area (Å²) in [4.78, 5) is 35.3. The average molecular weight is 348 g/mol. The number of halogens is 1. The summed E-state index contributed by atoms with van der Waals surface area (Å²) >= 11 is 6.07. The van der Waals surface area contributed by atoms with E-state index < -0.39 is 28.8 Å². The number of esters is 1.